The van der Waals surface area contributed by atoms with E-state index in [4.69, 9.17) is 19.9 Å². The zero-order valence-corrected chi connectivity index (χ0v) is 14.1. The lowest BCUT2D eigenvalue weighted by molar-refractivity contribution is -0.131. The summed E-state index contributed by atoms with van der Waals surface area (Å²) < 4.78 is 16.2. The predicted molar refractivity (Wildman–Crippen MR) is 90.3 cm³/mol. The average Bonchev–Trinajstić information content (AvgIpc) is 3.04. The van der Waals surface area contributed by atoms with Gasteiger partial charge in [-0.25, -0.2) is 0 Å². The molecule has 0 unspecified atom stereocenters. The second-order valence-electron chi connectivity index (χ2n) is 5.23. The number of hydrogen-bond acceptors (Lipinski definition) is 5. The van der Waals surface area contributed by atoms with Crippen molar-refractivity contribution in [2.24, 2.45) is 5.73 Å². The van der Waals surface area contributed by atoms with Crippen LogP contribution in [0.3, 0.4) is 0 Å². The van der Waals surface area contributed by atoms with Crippen molar-refractivity contribution in [1.82, 2.24) is 5.32 Å². The molecule has 0 saturated carbocycles. The van der Waals surface area contributed by atoms with Crippen molar-refractivity contribution in [3.8, 4) is 11.5 Å². The van der Waals surface area contributed by atoms with E-state index in [-0.39, 0.29) is 30.5 Å². The zero-order chi connectivity index (χ0) is 15.8. The quantitative estimate of drug-likeness (QED) is 0.698. The highest BCUT2D eigenvalue weighted by Crippen LogP contribution is 2.19. The van der Waals surface area contributed by atoms with E-state index >= 15 is 0 Å². The molecule has 1 aromatic rings. The number of carbonyl (C=O) groups is 1. The predicted octanol–water partition coefficient (Wildman–Crippen LogP) is 1.51. The summed E-state index contributed by atoms with van der Waals surface area (Å²) in [5.74, 6) is 1.53. The van der Waals surface area contributed by atoms with Crippen LogP contribution in [0, 0.1) is 0 Å². The lowest BCUT2D eigenvalue weighted by atomic mass is 10.2. The Hall–Kier alpha value is -1.50. The number of methoxy groups -OCH3 is 1. The number of amides is 1. The number of ether oxygens (including phenoxy) is 3. The summed E-state index contributed by atoms with van der Waals surface area (Å²) in [5.41, 5.74) is 5.53. The van der Waals surface area contributed by atoms with Crippen LogP contribution in [0.2, 0.25) is 0 Å². The third kappa shape index (κ3) is 6.25. The maximum absolute atomic E-state index is 11.9. The summed E-state index contributed by atoms with van der Waals surface area (Å²) in [6.07, 6.45) is 2.01. The number of rotatable bonds is 8. The van der Waals surface area contributed by atoms with Crippen molar-refractivity contribution in [3.63, 3.8) is 0 Å². The molecule has 1 amide bonds. The molecule has 1 heterocycles. The summed E-state index contributed by atoms with van der Waals surface area (Å²) in [7, 11) is 1.63. The van der Waals surface area contributed by atoms with Gasteiger partial charge in [-0.3, -0.25) is 4.79 Å². The normalized spacial score (nSPS) is 19.7. The summed E-state index contributed by atoms with van der Waals surface area (Å²) in [4.78, 5) is 11.9. The zero-order valence-electron chi connectivity index (χ0n) is 13.3. The molecule has 130 valence electrons. The van der Waals surface area contributed by atoms with Gasteiger partial charge in [0, 0.05) is 13.1 Å². The third-order valence-corrected chi connectivity index (χ3v) is 3.61. The van der Waals surface area contributed by atoms with Crippen LogP contribution in [0.4, 0.5) is 0 Å². The Morgan fingerprint density at radius 2 is 2.00 bits per heavy atom. The van der Waals surface area contributed by atoms with Gasteiger partial charge < -0.3 is 25.3 Å². The molecule has 1 aliphatic rings. The molecule has 0 spiro atoms. The molecule has 23 heavy (non-hydrogen) atoms. The average molecular weight is 345 g/mol. The van der Waals surface area contributed by atoms with E-state index in [0.717, 1.165) is 30.8 Å². The minimum Gasteiger partial charge on any atom is -0.497 e. The van der Waals surface area contributed by atoms with Crippen LogP contribution < -0.4 is 20.5 Å². The molecule has 2 rings (SSSR count). The van der Waals surface area contributed by atoms with Crippen molar-refractivity contribution >= 4 is 18.3 Å². The second-order valence-corrected chi connectivity index (χ2v) is 5.23. The molecular formula is C16H25ClN2O4. The van der Waals surface area contributed by atoms with Gasteiger partial charge in [-0.1, -0.05) is 0 Å². The van der Waals surface area contributed by atoms with E-state index < -0.39 is 0 Å². The molecule has 0 aliphatic carbocycles. The van der Waals surface area contributed by atoms with Gasteiger partial charge in [0.05, 0.1) is 19.8 Å². The summed E-state index contributed by atoms with van der Waals surface area (Å²) >= 11 is 0. The van der Waals surface area contributed by atoms with Crippen molar-refractivity contribution in [3.05, 3.63) is 24.3 Å². The van der Waals surface area contributed by atoms with Crippen LogP contribution in [-0.4, -0.2) is 44.9 Å². The first-order chi connectivity index (χ1) is 10.7. The van der Waals surface area contributed by atoms with Gasteiger partial charge in [-0.2, -0.15) is 0 Å². The van der Waals surface area contributed by atoms with E-state index in [9.17, 15) is 4.79 Å². The molecule has 0 radical (unpaired) electrons. The molecule has 1 aromatic carbocycles. The SMILES string of the molecule is COc1ccc(OCCCNC(=O)[C@@H]2CC[C@H](CN)O2)cc1.Cl. The van der Waals surface area contributed by atoms with Gasteiger partial charge >= 0.3 is 0 Å². The van der Waals surface area contributed by atoms with Gasteiger partial charge in [0.15, 0.2) is 0 Å². The number of benzene rings is 1. The van der Waals surface area contributed by atoms with Crippen LogP contribution in [0.5, 0.6) is 11.5 Å². The van der Waals surface area contributed by atoms with Crippen LogP contribution in [0.25, 0.3) is 0 Å². The number of carbonyl (C=O) groups excluding carboxylic acids is 1. The maximum atomic E-state index is 11.9. The first kappa shape index (κ1) is 19.5. The topological polar surface area (TPSA) is 82.8 Å². The highest BCUT2D eigenvalue weighted by molar-refractivity contribution is 5.85. The Bertz CT molecular complexity index is 470. The fourth-order valence-corrected chi connectivity index (χ4v) is 2.33. The lowest BCUT2D eigenvalue weighted by Crippen LogP contribution is -2.36. The fraction of sp³-hybridized carbons (Fsp3) is 0.562. The van der Waals surface area contributed by atoms with Gasteiger partial charge in [0.2, 0.25) is 5.91 Å². The molecule has 1 aliphatic heterocycles. The Kier molecular flexibility index (Phi) is 8.76. The van der Waals surface area contributed by atoms with Crippen molar-refractivity contribution in [2.75, 3.05) is 26.8 Å². The second kappa shape index (κ2) is 10.3. The van der Waals surface area contributed by atoms with Gasteiger partial charge in [0.25, 0.3) is 0 Å². The Balaban J connectivity index is 0.00000264. The van der Waals surface area contributed by atoms with E-state index in [1.54, 1.807) is 7.11 Å². The van der Waals surface area contributed by atoms with Crippen LogP contribution in [-0.2, 0) is 9.53 Å². The van der Waals surface area contributed by atoms with Gasteiger partial charge in [0.1, 0.15) is 17.6 Å². The molecule has 1 saturated heterocycles. The highest BCUT2D eigenvalue weighted by Gasteiger charge is 2.29. The maximum Gasteiger partial charge on any atom is 0.249 e. The molecule has 3 N–H and O–H groups in total. The number of nitrogens with two attached hydrogens (primary N) is 1. The van der Waals surface area contributed by atoms with E-state index in [0.29, 0.717) is 19.7 Å². The Morgan fingerprint density at radius 1 is 1.30 bits per heavy atom. The van der Waals surface area contributed by atoms with Crippen molar-refractivity contribution < 1.29 is 19.0 Å². The minimum atomic E-state index is -0.351. The molecular weight excluding hydrogens is 320 g/mol. The Morgan fingerprint density at radius 3 is 2.61 bits per heavy atom. The standard InChI is InChI=1S/C16H24N2O4.ClH/c1-20-12-3-5-13(6-4-12)21-10-2-9-18-16(19)15-8-7-14(11-17)22-15;/h3-6,14-15H,2,7-11,17H2,1H3,(H,18,19);1H/t14-,15+;/m1./s1. The van der Waals surface area contributed by atoms with E-state index in [1.165, 1.54) is 0 Å². The first-order valence-corrected chi connectivity index (χ1v) is 7.63. The van der Waals surface area contributed by atoms with E-state index in [1.807, 2.05) is 24.3 Å². The summed E-state index contributed by atoms with van der Waals surface area (Å²) in [6, 6.07) is 7.41. The van der Waals surface area contributed by atoms with Crippen LogP contribution >= 0.6 is 12.4 Å². The summed E-state index contributed by atoms with van der Waals surface area (Å²) in [5, 5.41) is 2.87. The monoisotopic (exact) mass is 344 g/mol. The number of halogens is 1. The summed E-state index contributed by atoms with van der Waals surface area (Å²) in [6.45, 7) is 1.59. The molecule has 7 heteroatoms. The molecule has 1 fully saturated rings. The van der Waals surface area contributed by atoms with Crippen LogP contribution in [0.15, 0.2) is 24.3 Å². The first-order valence-electron chi connectivity index (χ1n) is 7.63. The Labute approximate surface area is 143 Å². The van der Waals surface area contributed by atoms with Crippen molar-refractivity contribution in [1.29, 1.82) is 0 Å². The number of nitrogens with one attached hydrogen (secondary N) is 1. The third-order valence-electron chi connectivity index (χ3n) is 3.61. The largest absolute Gasteiger partial charge is 0.497 e. The van der Waals surface area contributed by atoms with Crippen molar-refractivity contribution in [2.45, 2.75) is 31.5 Å². The fourth-order valence-electron chi connectivity index (χ4n) is 2.33. The molecule has 0 bridgehead atoms. The van der Waals surface area contributed by atoms with E-state index in [2.05, 4.69) is 5.32 Å². The number of hydrogen-bond donors (Lipinski definition) is 2. The lowest BCUT2D eigenvalue weighted by Gasteiger charge is -2.13. The van der Waals surface area contributed by atoms with Gasteiger partial charge in [-0.05, 0) is 43.5 Å². The molecule has 2 atom stereocenters. The molecule has 6 nitrogen and oxygen atoms in total. The minimum absolute atomic E-state index is 0. The smallest absolute Gasteiger partial charge is 0.249 e. The van der Waals surface area contributed by atoms with Gasteiger partial charge in [-0.15, -0.1) is 12.4 Å². The van der Waals surface area contributed by atoms with Crippen LogP contribution in [0.1, 0.15) is 19.3 Å². The molecule has 0 aromatic heterocycles. The highest BCUT2D eigenvalue weighted by atomic mass is 35.5.